The normalized spacial score (nSPS) is 19.5. The minimum Gasteiger partial charge on any atom is -0.381 e. The fourth-order valence-electron chi connectivity index (χ4n) is 2.25. The first-order valence-corrected chi connectivity index (χ1v) is 8.02. The second-order valence-electron chi connectivity index (χ2n) is 5.47. The van der Waals surface area contributed by atoms with Gasteiger partial charge in [-0.25, -0.2) is 0 Å². The van der Waals surface area contributed by atoms with Crippen LogP contribution in [-0.2, 0) is 17.8 Å². The van der Waals surface area contributed by atoms with Crippen molar-refractivity contribution in [2.75, 3.05) is 19.0 Å². The van der Waals surface area contributed by atoms with Crippen molar-refractivity contribution in [3.8, 4) is 0 Å². The number of hydrogen-bond donors (Lipinski definition) is 1. The average molecular weight is 284 g/mol. The Morgan fingerprint density at radius 2 is 2.32 bits per heavy atom. The van der Waals surface area contributed by atoms with Crippen molar-refractivity contribution in [3.63, 3.8) is 0 Å². The Bertz CT molecular complexity index is 388. The Morgan fingerprint density at radius 1 is 1.47 bits per heavy atom. The molecular formula is C13H24N4OS. The Kier molecular flexibility index (Phi) is 5.66. The highest BCUT2D eigenvalue weighted by molar-refractivity contribution is 7.99. The van der Waals surface area contributed by atoms with E-state index >= 15 is 0 Å². The van der Waals surface area contributed by atoms with Crippen molar-refractivity contribution in [1.82, 2.24) is 14.8 Å². The van der Waals surface area contributed by atoms with Crippen molar-refractivity contribution in [2.45, 2.75) is 44.9 Å². The molecule has 2 heterocycles. The van der Waals surface area contributed by atoms with Crippen LogP contribution in [0.5, 0.6) is 0 Å². The Hall–Kier alpha value is -0.590. The van der Waals surface area contributed by atoms with E-state index in [1.165, 1.54) is 12.8 Å². The first-order chi connectivity index (χ1) is 9.20. The molecular weight excluding hydrogens is 260 g/mol. The zero-order valence-electron chi connectivity index (χ0n) is 11.8. The average Bonchev–Trinajstić information content (AvgIpc) is 3.00. The third kappa shape index (κ3) is 4.19. The molecule has 0 amide bonds. The van der Waals surface area contributed by atoms with Gasteiger partial charge in [0.05, 0.1) is 6.54 Å². The van der Waals surface area contributed by atoms with Gasteiger partial charge in [-0.1, -0.05) is 25.6 Å². The minimum atomic E-state index is 0.455. The van der Waals surface area contributed by atoms with E-state index in [1.54, 1.807) is 11.8 Å². The van der Waals surface area contributed by atoms with E-state index in [0.29, 0.717) is 12.5 Å². The maximum Gasteiger partial charge on any atom is 0.191 e. The van der Waals surface area contributed by atoms with Crippen LogP contribution in [0.3, 0.4) is 0 Å². The summed E-state index contributed by atoms with van der Waals surface area (Å²) in [5, 5.41) is 9.46. The lowest BCUT2D eigenvalue weighted by atomic mass is 10.1. The van der Waals surface area contributed by atoms with Crippen molar-refractivity contribution in [3.05, 3.63) is 5.82 Å². The van der Waals surface area contributed by atoms with Gasteiger partial charge in [-0.05, 0) is 24.7 Å². The molecule has 0 aliphatic carbocycles. The van der Waals surface area contributed by atoms with Crippen LogP contribution in [0, 0.1) is 11.8 Å². The summed E-state index contributed by atoms with van der Waals surface area (Å²) in [6.45, 7) is 7.64. The Balaban J connectivity index is 1.89. The number of ether oxygens (including phenoxy) is 1. The second kappa shape index (κ2) is 7.26. The van der Waals surface area contributed by atoms with Gasteiger partial charge in [-0.2, -0.15) is 0 Å². The summed E-state index contributed by atoms with van der Waals surface area (Å²) in [6.07, 6.45) is 2.39. The summed E-state index contributed by atoms with van der Waals surface area (Å²) in [7, 11) is 0. The lowest BCUT2D eigenvalue weighted by Gasteiger charge is -2.12. The van der Waals surface area contributed by atoms with Gasteiger partial charge in [-0.15, -0.1) is 10.2 Å². The van der Waals surface area contributed by atoms with Gasteiger partial charge in [-0.3, -0.25) is 0 Å². The fraction of sp³-hybridized carbons (Fsp3) is 0.846. The molecule has 19 heavy (non-hydrogen) atoms. The smallest absolute Gasteiger partial charge is 0.191 e. The lowest BCUT2D eigenvalue weighted by Crippen LogP contribution is -2.13. The SMILES string of the molecule is CC(C)Cn1c(CN)nnc1SCC[C@H]1CCOC1. The maximum absolute atomic E-state index is 5.72. The standard InChI is InChI=1S/C13H24N4OS/c1-10(2)8-17-12(7-14)15-16-13(17)19-6-4-11-3-5-18-9-11/h10-11H,3-9,14H2,1-2H3/t11-/m1/s1. The molecule has 0 aromatic carbocycles. The van der Waals surface area contributed by atoms with Gasteiger partial charge >= 0.3 is 0 Å². The van der Waals surface area contributed by atoms with Crippen LogP contribution in [0.2, 0.25) is 0 Å². The number of nitrogens with two attached hydrogens (primary N) is 1. The molecule has 1 aliphatic heterocycles. The van der Waals surface area contributed by atoms with Gasteiger partial charge in [0.15, 0.2) is 5.16 Å². The molecule has 1 aromatic heterocycles. The summed E-state index contributed by atoms with van der Waals surface area (Å²) < 4.78 is 7.57. The van der Waals surface area contributed by atoms with Crippen LogP contribution in [0.1, 0.15) is 32.5 Å². The van der Waals surface area contributed by atoms with E-state index < -0.39 is 0 Å². The zero-order chi connectivity index (χ0) is 13.7. The maximum atomic E-state index is 5.72. The number of nitrogens with zero attached hydrogens (tertiary/aromatic N) is 3. The molecule has 1 fully saturated rings. The fourth-order valence-corrected chi connectivity index (χ4v) is 3.32. The molecule has 2 N–H and O–H groups in total. The van der Waals surface area contributed by atoms with E-state index in [4.69, 9.17) is 10.5 Å². The summed E-state index contributed by atoms with van der Waals surface area (Å²) >= 11 is 1.79. The molecule has 5 nitrogen and oxygen atoms in total. The van der Waals surface area contributed by atoms with Crippen LogP contribution in [0.15, 0.2) is 5.16 Å². The molecule has 1 aliphatic rings. The first-order valence-electron chi connectivity index (χ1n) is 7.03. The number of aromatic nitrogens is 3. The molecule has 1 atom stereocenters. The molecule has 0 radical (unpaired) electrons. The van der Waals surface area contributed by atoms with E-state index in [9.17, 15) is 0 Å². The third-order valence-electron chi connectivity index (χ3n) is 3.31. The van der Waals surface area contributed by atoms with Gasteiger partial charge in [0.25, 0.3) is 0 Å². The summed E-state index contributed by atoms with van der Waals surface area (Å²) in [5.74, 6) is 3.27. The Morgan fingerprint density at radius 3 is 2.95 bits per heavy atom. The molecule has 108 valence electrons. The van der Waals surface area contributed by atoms with Crippen molar-refractivity contribution in [1.29, 1.82) is 0 Å². The quantitative estimate of drug-likeness (QED) is 0.775. The van der Waals surface area contributed by atoms with Gasteiger partial charge in [0.2, 0.25) is 0 Å². The molecule has 0 bridgehead atoms. The number of hydrogen-bond acceptors (Lipinski definition) is 5. The molecule has 0 unspecified atom stereocenters. The third-order valence-corrected chi connectivity index (χ3v) is 4.31. The van der Waals surface area contributed by atoms with E-state index in [-0.39, 0.29) is 0 Å². The van der Waals surface area contributed by atoms with Gasteiger partial charge in [0.1, 0.15) is 5.82 Å². The summed E-state index contributed by atoms with van der Waals surface area (Å²) in [6, 6.07) is 0. The minimum absolute atomic E-state index is 0.455. The summed E-state index contributed by atoms with van der Waals surface area (Å²) in [4.78, 5) is 0. The van der Waals surface area contributed by atoms with Crippen LogP contribution in [0.4, 0.5) is 0 Å². The number of thioether (sulfide) groups is 1. The van der Waals surface area contributed by atoms with Crippen LogP contribution in [0.25, 0.3) is 0 Å². The molecule has 6 heteroatoms. The molecule has 1 saturated heterocycles. The highest BCUT2D eigenvalue weighted by atomic mass is 32.2. The van der Waals surface area contributed by atoms with Crippen molar-refractivity contribution in [2.24, 2.45) is 17.6 Å². The summed E-state index contributed by atoms with van der Waals surface area (Å²) in [5.41, 5.74) is 5.72. The van der Waals surface area contributed by atoms with E-state index in [1.807, 2.05) is 0 Å². The van der Waals surface area contributed by atoms with Gasteiger partial charge in [0, 0.05) is 25.5 Å². The van der Waals surface area contributed by atoms with E-state index in [2.05, 4.69) is 28.6 Å². The van der Waals surface area contributed by atoms with Gasteiger partial charge < -0.3 is 15.0 Å². The lowest BCUT2D eigenvalue weighted by molar-refractivity contribution is 0.185. The predicted octanol–water partition coefficient (Wildman–Crippen LogP) is 1.91. The highest BCUT2D eigenvalue weighted by Crippen LogP contribution is 2.24. The molecule has 0 saturated carbocycles. The Labute approximate surface area is 119 Å². The molecule has 0 spiro atoms. The monoisotopic (exact) mass is 284 g/mol. The van der Waals surface area contributed by atoms with Crippen LogP contribution in [-0.4, -0.2) is 33.7 Å². The van der Waals surface area contributed by atoms with E-state index in [0.717, 1.165) is 42.4 Å². The van der Waals surface area contributed by atoms with Crippen LogP contribution >= 0.6 is 11.8 Å². The molecule has 2 rings (SSSR count). The topological polar surface area (TPSA) is 66.0 Å². The van der Waals surface area contributed by atoms with Crippen molar-refractivity contribution >= 4 is 11.8 Å². The van der Waals surface area contributed by atoms with Crippen LogP contribution < -0.4 is 5.73 Å². The predicted molar refractivity (Wildman–Crippen MR) is 77.0 cm³/mol. The van der Waals surface area contributed by atoms with Crippen molar-refractivity contribution < 1.29 is 4.74 Å². The highest BCUT2D eigenvalue weighted by Gasteiger charge is 2.17. The number of rotatable bonds is 7. The zero-order valence-corrected chi connectivity index (χ0v) is 12.7. The largest absolute Gasteiger partial charge is 0.381 e. The second-order valence-corrected chi connectivity index (χ2v) is 6.54. The first kappa shape index (κ1) is 14.8. The molecule has 1 aromatic rings.